The highest BCUT2D eigenvalue weighted by atomic mass is 16.3. The summed E-state index contributed by atoms with van der Waals surface area (Å²) in [5.74, 6) is -0.206. The van der Waals surface area contributed by atoms with Crippen LogP contribution in [0.4, 0.5) is 0 Å². The molecule has 1 aromatic rings. The predicted octanol–water partition coefficient (Wildman–Crippen LogP) is 0.444. The third-order valence-corrected chi connectivity index (χ3v) is 2.59. The number of nitrogens with two attached hydrogens (primary N) is 1. The van der Waals surface area contributed by atoms with Crippen molar-refractivity contribution in [3.63, 3.8) is 0 Å². The molecule has 0 aliphatic rings. The molecule has 0 spiro atoms. The standard InChI is InChI=1S/C13H20N2O2/c1-10(9-16)15-13(17)12(14)8-7-11-5-3-2-4-6-11/h2-6,10,12,16H,7-9,14H2,1H3,(H,15,17)/t10?,12-/m0/s1. The van der Waals surface area contributed by atoms with Crippen LogP contribution in [0.25, 0.3) is 0 Å². The molecule has 0 aliphatic carbocycles. The number of aliphatic hydroxyl groups is 1. The van der Waals surface area contributed by atoms with Gasteiger partial charge in [-0.05, 0) is 25.3 Å². The van der Waals surface area contributed by atoms with Crippen LogP contribution in [0.1, 0.15) is 18.9 Å². The lowest BCUT2D eigenvalue weighted by Crippen LogP contribution is -2.45. The van der Waals surface area contributed by atoms with Crippen molar-refractivity contribution in [2.75, 3.05) is 6.61 Å². The molecule has 4 heteroatoms. The zero-order valence-electron chi connectivity index (χ0n) is 10.1. The van der Waals surface area contributed by atoms with Crippen molar-refractivity contribution in [3.8, 4) is 0 Å². The first-order valence-corrected chi connectivity index (χ1v) is 5.84. The van der Waals surface area contributed by atoms with Crippen molar-refractivity contribution in [1.82, 2.24) is 5.32 Å². The molecule has 0 fully saturated rings. The summed E-state index contributed by atoms with van der Waals surface area (Å²) in [5.41, 5.74) is 6.95. The summed E-state index contributed by atoms with van der Waals surface area (Å²) in [6.07, 6.45) is 1.39. The van der Waals surface area contributed by atoms with E-state index in [-0.39, 0.29) is 18.6 Å². The van der Waals surface area contributed by atoms with Gasteiger partial charge in [-0.25, -0.2) is 0 Å². The minimum Gasteiger partial charge on any atom is -0.394 e. The summed E-state index contributed by atoms with van der Waals surface area (Å²) in [5, 5.41) is 11.5. The van der Waals surface area contributed by atoms with Gasteiger partial charge in [-0.15, -0.1) is 0 Å². The van der Waals surface area contributed by atoms with Crippen LogP contribution in [0.2, 0.25) is 0 Å². The molecular weight excluding hydrogens is 216 g/mol. The van der Waals surface area contributed by atoms with Crippen molar-refractivity contribution >= 4 is 5.91 Å². The fourth-order valence-corrected chi connectivity index (χ4v) is 1.49. The molecule has 0 heterocycles. The summed E-state index contributed by atoms with van der Waals surface area (Å²) in [6, 6.07) is 9.15. The Balaban J connectivity index is 2.34. The number of carbonyl (C=O) groups is 1. The number of rotatable bonds is 6. The quantitative estimate of drug-likeness (QED) is 0.671. The summed E-state index contributed by atoms with van der Waals surface area (Å²) < 4.78 is 0. The lowest BCUT2D eigenvalue weighted by molar-refractivity contribution is -0.123. The molecule has 0 bridgehead atoms. The Morgan fingerprint density at radius 2 is 2.06 bits per heavy atom. The molecule has 1 aromatic carbocycles. The molecular formula is C13H20N2O2. The molecule has 0 radical (unpaired) electrons. The summed E-state index contributed by atoms with van der Waals surface area (Å²) in [7, 11) is 0. The van der Waals surface area contributed by atoms with E-state index in [2.05, 4.69) is 5.32 Å². The van der Waals surface area contributed by atoms with E-state index in [1.54, 1.807) is 6.92 Å². The number of aliphatic hydroxyl groups excluding tert-OH is 1. The average molecular weight is 236 g/mol. The molecule has 0 saturated heterocycles. The van der Waals surface area contributed by atoms with Crippen LogP contribution >= 0.6 is 0 Å². The fourth-order valence-electron chi connectivity index (χ4n) is 1.49. The minimum absolute atomic E-state index is 0.0723. The highest BCUT2D eigenvalue weighted by molar-refractivity contribution is 5.81. The molecule has 1 rings (SSSR count). The maximum absolute atomic E-state index is 11.6. The van der Waals surface area contributed by atoms with Gasteiger partial charge in [-0.1, -0.05) is 30.3 Å². The van der Waals surface area contributed by atoms with Crippen LogP contribution in [0.3, 0.4) is 0 Å². The van der Waals surface area contributed by atoms with Crippen molar-refractivity contribution in [3.05, 3.63) is 35.9 Å². The Morgan fingerprint density at radius 3 is 2.65 bits per heavy atom. The van der Waals surface area contributed by atoms with Gasteiger partial charge < -0.3 is 16.2 Å². The predicted molar refractivity (Wildman–Crippen MR) is 67.4 cm³/mol. The van der Waals surface area contributed by atoms with E-state index in [1.807, 2.05) is 30.3 Å². The number of aryl methyl sites for hydroxylation is 1. The molecule has 0 aliphatic heterocycles. The zero-order valence-corrected chi connectivity index (χ0v) is 10.1. The third-order valence-electron chi connectivity index (χ3n) is 2.59. The van der Waals surface area contributed by atoms with Crippen LogP contribution in [0, 0.1) is 0 Å². The molecule has 2 atom stereocenters. The van der Waals surface area contributed by atoms with Crippen molar-refractivity contribution in [1.29, 1.82) is 0 Å². The lowest BCUT2D eigenvalue weighted by atomic mass is 10.1. The molecule has 1 unspecified atom stereocenters. The Morgan fingerprint density at radius 1 is 1.41 bits per heavy atom. The minimum atomic E-state index is -0.524. The fraction of sp³-hybridized carbons (Fsp3) is 0.462. The van der Waals surface area contributed by atoms with Gasteiger partial charge >= 0.3 is 0 Å². The first-order chi connectivity index (χ1) is 8.13. The molecule has 4 N–H and O–H groups in total. The zero-order chi connectivity index (χ0) is 12.7. The average Bonchev–Trinajstić information content (AvgIpc) is 2.36. The topological polar surface area (TPSA) is 75.3 Å². The van der Waals surface area contributed by atoms with Gasteiger partial charge in [0.05, 0.1) is 12.6 Å². The van der Waals surface area contributed by atoms with E-state index in [4.69, 9.17) is 10.8 Å². The Labute approximate surface area is 102 Å². The van der Waals surface area contributed by atoms with Crippen molar-refractivity contribution in [2.24, 2.45) is 5.73 Å². The molecule has 17 heavy (non-hydrogen) atoms. The molecule has 94 valence electrons. The van der Waals surface area contributed by atoms with Gasteiger partial charge in [0.1, 0.15) is 0 Å². The molecule has 4 nitrogen and oxygen atoms in total. The second-order valence-corrected chi connectivity index (χ2v) is 4.22. The number of nitrogens with one attached hydrogen (secondary N) is 1. The van der Waals surface area contributed by atoms with Crippen LogP contribution in [-0.2, 0) is 11.2 Å². The molecule has 1 amide bonds. The van der Waals surface area contributed by atoms with E-state index < -0.39 is 6.04 Å². The molecule has 0 aromatic heterocycles. The number of hydrogen-bond donors (Lipinski definition) is 3. The summed E-state index contributed by atoms with van der Waals surface area (Å²) in [6.45, 7) is 1.67. The number of carbonyl (C=O) groups excluding carboxylic acids is 1. The summed E-state index contributed by atoms with van der Waals surface area (Å²) >= 11 is 0. The van der Waals surface area contributed by atoms with E-state index in [9.17, 15) is 4.79 Å². The third kappa shape index (κ3) is 4.97. The first-order valence-electron chi connectivity index (χ1n) is 5.84. The molecule has 0 saturated carbocycles. The Bertz CT molecular complexity index is 341. The van der Waals surface area contributed by atoms with E-state index in [0.29, 0.717) is 6.42 Å². The van der Waals surface area contributed by atoms with E-state index >= 15 is 0 Å². The second-order valence-electron chi connectivity index (χ2n) is 4.22. The first kappa shape index (κ1) is 13.7. The van der Waals surface area contributed by atoms with Gasteiger partial charge in [0.15, 0.2) is 0 Å². The largest absolute Gasteiger partial charge is 0.394 e. The monoisotopic (exact) mass is 236 g/mol. The number of amides is 1. The van der Waals surface area contributed by atoms with Crippen molar-refractivity contribution in [2.45, 2.75) is 31.8 Å². The van der Waals surface area contributed by atoms with Gasteiger partial charge in [0.2, 0.25) is 5.91 Å². The Hall–Kier alpha value is -1.39. The number of benzene rings is 1. The van der Waals surface area contributed by atoms with E-state index in [1.165, 1.54) is 5.56 Å². The maximum Gasteiger partial charge on any atom is 0.237 e. The highest BCUT2D eigenvalue weighted by Crippen LogP contribution is 2.04. The van der Waals surface area contributed by atoms with Gasteiger partial charge in [0, 0.05) is 6.04 Å². The second kappa shape index (κ2) is 7.04. The van der Waals surface area contributed by atoms with Gasteiger partial charge in [-0.2, -0.15) is 0 Å². The Kier molecular flexibility index (Phi) is 5.66. The lowest BCUT2D eigenvalue weighted by Gasteiger charge is -2.15. The normalized spacial score (nSPS) is 14.1. The van der Waals surface area contributed by atoms with Crippen molar-refractivity contribution < 1.29 is 9.90 Å². The van der Waals surface area contributed by atoms with Crippen LogP contribution in [0.15, 0.2) is 30.3 Å². The summed E-state index contributed by atoms with van der Waals surface area (Å²) in [4.78, 5) is 11.6. The maximum atomic E-state index is 11.6. The van der Waals surface area contributed by atoms with E-state index in [0.717, 1.165) is 6.42 Å². The highest BCUT2D eigenvalue weighted by Gasteiger charge is 2.14. The number of hydrogen-bond acceptors (Lipinski definition) is 3. The van der Waals surface area contributed by atoms with Crippen LogP contribution < -0.4 is 11.1 Å². The van der Waals surface area contributed by atoms with Gasteiger partial charge in [0.25, 0.3) is 0 Å². The van der Waals surface area contributed by atoms with Crippen LogP contribution in [-0.4, -0.2) is 29.7 Å². The van der Waals surface area contributed by atoms with Gasteiger partial charge in [-0.3, -0.25) is 4.79 Å². The smallest absolute Gasteiger partial charge is 0.237 e. The SMILES string of the molecule is CC(CO)NC(=O)[C@@H](N)CCc1ccccc1. The van der Waals surface area contributed by atoms with Crippen LogP contribution in [0.5, 0.6) is 0 Å².